The standard InChI is InChI=1S/C46H29NOS/c1-2-10-32-27-34(20-19-30(32)9-1)33-11-7-12-37(28-33)47(41-15-8-18-45-46(41)39-14-4-6-17-44(39)49-45)36-24-21-31(22-25-36)35-23-26-43-40(29-35)38-13-3-5-16-42(38)48-43/h1-29H. The van der Waals surface area contributed by atoms with Crippen LogP contribution in [0.5, 0.6) is 0 Å². The lowest BCUT2D eigenvalue weighted by molar-refractivity contribution is 0.669. The Morgan fingerprint density at radius 2 is 1.06 bits per heavy atom. The first kappa shape index (κ1) is 27.9. The smallest absolute Gasteiger partial charge is 0.135 e. The number of hydrogen-bond acceptors (Lipinski definition) is 3. The summed E-state index contributed by atoms with van der Waals surface area (Å²) < 4.78 is 8.69. The maximum absolute atomic E-state index is 6.11. The van der Waals surface area contributed by atoms with E-state index in [9.17, 15) is 0 Å². The zero-order valence-corrected chi connectivity index (χ0v) is 27.3. The molecule has 0 amide bonds. The van der Waals surface area contributed by atoms with Gasteiger partial charge in [-0.1, -0.05) is 109 Å². The summed E-state index contributed by atoms with van der Waals surface area (Å²) in [6, 6.07) is 63.4. The fourth-order valence-electron chi connectivity index (χ4n) is 7.27. The van der Waals surface area contributed by atoms with Crippen molar-refractivity contribution in [1.29, 1.82) is 0 Å². The summed E-state index contributed by atoms with van der Waals surface area (Å²) in [6.45, 7) is 0. The molecule has 10 rings (SSSR count). The maximum Gasteiger partial charge on any atom is 0.135 e. The van der Waals surface area contributed by atoms with E-state index < -0.39 is 0 Å². The van der Waals surface area contributed by atoms with E-state index in [1.54, 1.807) is 0 Å². The van der Waals surface area contributed by atoms with Crippen LogP contribution >= 0.6 is 11.3 Å². The van der Waals surface area contributed by atoms with E-state index in [1.807, 2.05) is 23.5 Å². The van der Waals surface area contributed by atoms with Crippen molar-refractivity contribution in [1.82, 2.24) is 0 Å². The normalized spacial score (nSPS) is 11.7. The first-order valence-corrected chi connectivity index (χ1v) is 17.4. The highest BCUT2D eigenvalue weighted by atomic mass is 32.1. The molecule has 2 nitrogen and oxygen atoms in total. The van der Waals surface area contributed by atoms with E-state index in [2.05, 4.69) is 169 Å². The number of benzene rings is 8. The Morgan fingerprint density at radius 1 is 0.388 bits per heavy atom. The number of rotatable bonds is 5. The lowest BCUT2D eigenvalue weighted by Gasteiger charge is -2.27. The zero-order chi connectivity index (χ0) is 32.3. The minimum Gasteiger partial charge on any atom is -0.456 e. The van der Waals surface area contributed by atoms with E-state index in [0.29, 0.717) is 0 Å². The van der Waals surface area contributed by atoms with Crippen LogP contribution in [0.4, 0.5) is 17.1 Å². The van der Waals surface area contributed by atoms with Crippen molar-refractivity contribution in [3.63, 3.8) is 0 Å². The van der Waals surface area contributed by atoms with Crippen LogP contribution < -0.4 is 4.90 Å². The van der Waals surface area contributed by atoms with Crippen LogP contribution in [0.15, 0.2) is 180 Å². The van der Waals surface area contributed by atoms with E-state index in [-0.39, 0.29) is 0 Å². The van der Waals surface area contributed by atoms with Crippen molar-refractivity contribution in [2.75, 3.05) is 4.90 Å². The summed E-state index contributed by atoms with van der Waals surface area (Å²) in [7, 11) is 0. The predicted octanol–water partition coefficient (Wildman–Crippen LogP) is 13.9. The van der Waals surface area contributed by atoms with Gasteiger partial charge in [-0.2, -0.15) is 0 Å². The fourth-order valence-corrected chi connectivity index (χ4v) is 8.40. The van der Waals surface area contributed by atoms with Gasteiger partial charge in [-0.25, -0.2) is 0 Å². The molecule has 0 aliphatic heterocycles. The Bertz CT molecular complexity index is 2840. The molecule has 0 unspecified atom stereocenters. The summed E-state index contributed by atoms with van der Waals surface area (Å²) in [6.07, 6.45) is 0. The third-order valence-electron chi connectivity index (χ3n) is 9.64. The molecule has 2 aromatic heterocycles. The Kier molecular flexibility index (Phi) is 6.39. The quantitative estimate of drug-likeness (QED) is 0.186. The van der Waals surface area contributed by atoms with E-state index in [1.165, 1.54) is 58.9 Å². The second-order valence-electron chi connectivity index (χ2n) is 12.6. The highest BCUT2D eigenvalue weighted by Crippen LogP contribution is 2.45. The predicted molar refractivity (Wildman–Crippen MR) is 210 cm³/mol. The second kappa shape index (κ2) is 11.2. The monoisotopic (exact) mass is 643 g/mol. The van der Waals surface area contributed by atoms with Crippen LogP contribution in [0.2, 0.25) is 0 Å². The van der Waals surface area contributed by atoms with Gasteiger partial charge in [-0.3, -0.25) is 0 Å². The summed E-state index contributed by atoms with van der Waals surface area (Å²) in [5, 5.41) is 7.34. The number of hydrogen-bond donors (Lipinski definition) is 0. The van der Waals surface area contributed by atoms with Gasteiger partial charge < -0.3 is 9.32 Å². The molecule has 2 heterocycles. The first-order valence-electron chi connectivity index (χ1n) is 16.6. The number of para-hydroxylation sites is 1. The molecule has 0 aliphatic carbocycles. The van der Waals surface area contributed by atoms with E-state index in [4.69, 9.17) is 4.42 Å². The topological polar surface area (TPSA) is 16.4 Å². The highest BCUT2D eigenvalue weighted by Gasteiger charge is 2.19. The Balaban J connectivity index is 1.13. The third kappa shape index (κ3) is 4.70. The van der Waals surface area contributed by atoms with Crippen molar-refractivity contribution in [3.05, 3.63) is 176 Å². The molecule has 230 valence electrons. The van der Waals surface area contributed by atoms with Gasteiger partial charge in [0, 0.05) is 42.3 Å². The molecule has 10 aromatic rings. The van der Waals surface area contributed by atoms with Crippen molar-refractivity contribution >= 4 is 81.3 Å². The lowest BCUT2D eigenvalue weighted by atomic mass is 9.99. The largest absolute Gasteiger partial charge is 0.456 e. The molecule has 0 spiro atoms. The lowest BCUT2D eigenvalue weighted by Crippen LogP contribution is -2.10. The molecule has 0 fully saturated rings. The van der Waals surface area contributed by atoms with E-state index in [0.717, 1.165) is 33.3 Å². The zero-order valence-electron chi connectivity index (χ0n) is 26.5. The van der Waals surface area contributed by atoms with Crippen LogP contribution in [-0.2, 0) is 0 Å². The fraction of sp³-hybridized carbons (Fsp3) is 0. The summed E-state index contributed by atoms with van der Waals surface area (Å²) in [4.78, 5) is 2.42. The molecular formula is C46H29NOS. The number of furan rings is 1. The van der Waals surface area contributed by atoms with Crippen molar-refractivity contribution in [2.45, 2.75) is 0 Å². The molecule has 49 heavy (non-hydrogen) atoms. The Hall–Kier alpha value is -6.16. The third-order valence-corrected chi connectivity index (χ3v) is 10.8. The number of anilines is 3. The SMILES string of the molecule is c1cc(-c2ccc3ccccc3c2)cc(N(c2ccc(-c3ccc4oc5ccccc5c4c3)cc2)c2cccc3sc4ccccc4c23)c1. The molecule has 0 atom stereocenters. The molecule has 8 aromatic carbocycles. The van der Waals surface area contributed by atoms with Gasteiger partial charge in [0.05, 0.1) is 5.69 Å². The Morgan fingerprint density at radius 3 is 1.98 bits per heavy atom. The molecule has 0 saturated carbocycles. The van der Waals surface area contributed by atoms with Gasteiger partial charge in [-0.15, -0.1) is 11.3 Å². The van der Waals surface area contributed by atoms with Gasteiger partial charge >= 0.3 is 0 Å². The first-order chi connectivity index (χ1) is 24.3. The molecule has 0 N–H and O–H groups in total. The van der Waals surface area contributed by atoms with Gasteiger partial charge in [0.25, 0.3) is 0 Å². The van der Waals surface area contributed by atoms with Crippen molar-refractivity contribution < 1.29 is 4.42 Å². The number of nitrogens with zero attached hydrogens (tertiary/aromatic N) is 1. The van der Waals surface area contributed by atoms with Crippen LogP contribution in [0.1, 0.15) is 0 Å². The maximum atomic E-state index is 6.11. The molecule has 0 aliphatic rings. The summed E-state index contributed by atoms with van der Waals surface area (Å²) in [5.41, 5.74) is 9.96. The minimum absolute atomic E-state index is 0.912. The number of fused-ring (bicyclic) bond motifs is 7. The van der Waals surface area contributed by atoms with Crippen LogP contribution in [-0.4, -0.2) is 0 Å². The molecular weight excluding hydrogens is 615 g/mol. The molecule has 0 radical (unpaired) electrons. The van der Waals surface area contributed by atoms with Crippen LogP contribution in [0.3, 0.4) is 0 Å². The number of thiophene rings is 1. The Labute approximate surface area is 287 Å². The minimum atomic E-state index is 0.912. The summed E-state index contributed by atoms with van der Waals surface area (Å²) in [5.74, 6) is 0. The average Bonchev–Trinajstić information content (AvgIpc) is 3.74. The van der Waals surface area contributed by atoms with E-state index >= 15 is 0 Å². The van der Waals surface area contributed by atoms with Gasteiger partial charge in [-0.05, 0) is 99.8 Å². The average molecular weight is 644 g/mol. The van der Waals surface area contributed by atoms with Crippen molar-refractivity contribution in [2.24, 2.45) is 0 Å². The second-order valence-corrected chi connectivity index (χ2v) is 13.6. The molecule has 3 heteroatoms. The van der Waals surface area contributed by atoms with Crippen LogP contribution in [0.25, 0.3) is 75.1 Å². The van der Waals surface area contributed by atoms with Crippen molar-refractivity contribution in [3.8, 4) is 22.3 Å². The summed E-state index contributed by atoms with van der Waals surface area (Å²) >= 11 is 1.85. The van der Waals surface area contributed by atoms with Gasteiger partial charge in [0.2, 0.25) is 0 Å². The van der Waals surface area contributed by atoms with Gasteiger partial charge in [0.1, 0.15) is 11.2 Å². The molecule has 0 bridgehead atoms. The van der Waals surface area contributed by atoms with Gasteiger partial charge in [0.15, 0.2) is 0 Å². The molecule has 0 saturated heterocycles. The highest BCUT2D eigenvalue weighted by molar-refractivity contribution is 7.26. The van der Waals surface area contributed by atoms with Crippen LogP contribution in [0, 0.1) is 0 Å².